The van der Waals surface area contributed by atoms with Crippen molar-refractivity contribution < 1.29 is 4.74 Å². The summed E-state index contributed by atoms with van der Waals surface area (Å²) in [5, 5.41) is 17.4. The molecule has 1 aliphatic carbocycles. The van der Waals surface area contributed by atoms with Gasteiger partial charge in [-0.05, 0) is 56.9 Å². The first-order valence-electron chi connectivity index (χ1n) is 12.5. The van der Waals surface area contributed by atoms with Gasteiger partial charge in [-0.2, -0.15) is 10.2 Å². The third kappa shape index (κ3) is 4.00. The van der Waals surface area contributed by atoms with Gasteiger partial charge in [-0.1, -0.05) is 0 Å². The molecule has 4 aromatic heterocycles. The number of benzene rings is 1. The van der Waals surface area contributed by atoms with E-state index in [1.807, 2.05) is 36.7 Å². The first-order valence-corrected chi connectivity index (χ1v) is 12.5. The lowest BCUT2D eigenvalue weighted by molar-refractivity contribution is 0.131. The molecule has 9 heteroatoms. The fraction of sp³-hybridized carbons (Fsp3) is 0.333. The molecule has 9 nitrogen and oxygen atoms in total. The van der Waals surface area contributed by atoms with Gasteiger partial charge >= 0.3 is 0 Å². The second-order valence-corrected chi connectivity index (χ2v) is 9.40. The van der Waals surface area contributed by atoms with E-state index in [0.29, 0.717) is 0 Å². The van der Waals surface area contributed by atoms with E-state index in [4.69, 9.17) is 9.84 Å². The third-order valence-electron chi connectivity index (χ3n) is 7.11. The highest BCUT2D eigenvalue weighted by atomic mass is 16.5. The summed E-state index contributed by atoms with van der Waals surface area (Å²) in [5.74, 6) is 1.70. The molecule has 1 fully saturated rings. The molecule has 184 valence electrons. The molecular formula is C27H29N7O2. The van der Waals surface area contributed by atoms with Gasteiger partial charge in [0.25, 0.3) is 5.56 Å². The Morgan fingerprint density at radius 2 is 1.94 bits per heavy atom. The van der Waals surface area contributed by atoms with Crippen LogP contribution in [0, 0.1) is 0 Å². The lowest BCUT2D eigenvalue weighted by atomic mass is 9.93. The van der Waals surface area contributed by atoms with Gasteiger partial charge in [-0.3, -0.25) is 14.6 Å². The number of ether oxygens (including phenoxy) is 1. The van der Waals surface area contributed by atoms with E-state index < -0.39 is 0 Å². The minimum absolute atomic E-state index is 0.00931. The van der Waals surface area contributed by atoms with Gasteiger partial charge < -0.3 is 14.6 Å². The van der Waals surface area contributed by atoms with Crippen molar-refractivity contribution in [2.45, 2.75) is 44.8 Å². The average Bonchev–Trinajstić information content (AvgIpc) is 3.55. The number of fused-ring (bicyclic) bond motifs is 2. The number of H-pyrrole nitrogens is 1. The monoisotopic (exact) mass is 483 g/mol. The number of nitrogens with zero attached hydrogens (tertiary/aromatic N) is 5. The topological polar surface area (TPSA) is 103 Å². The molecule has 6 rings (SSSR count). The minimum atomic E-state index is -0.00931. The van der Waals surface area contributed by atoms with Crippen LogP contribution in [0.1, 0.15) is 38.6 Å². The van der Waals surface area contributed by atoms with Crippen LogP contribution < -0.4 is 15.6 Å². The summed E-state index contributed by atoms with van der Waals surface area (Å²) in [7, 11) is 1.79. The highest BCUT2D eigenvalue weighted by molar-refractivity contribution is 5.93. The van der Waals surface area contributed by atoms with Crippen molar-refractivity contribution >= 4 is 27.6 Å². The number of aromatic amines is 1. The summed E-state index contributed by atoms with van der Waals surface area (Å²) < 4.78 is 10.2. The minimum Gasteiger partial charge on any atom is -0.490 e. The van der Waals surface area contributed by atoms with Crippen LogP contribution >= 0.6 is 0 Å². The van der Waals surface area contributed by atoms with E-state index in [0.717, 1.165) is 76.9 Å². The fourth-order valence-corrected chi connectivity index (χ4v) is 5.22. The van der Waals surface area contributed by atoms with E-state index in [9.17, 15) is 4.79 Å². The molecule has 0 atom stereocenters. The maximum absolute atomic E-state index is 11.9. The van der Waals surface area contributed by atoms with Gasteiger partial charge in [0.05, 0.1) is 29.4 Å². The summed E-state index contributed by atoms with van der Waals surface area (Å²) >= 11 is 0. The van der Waals surface area contributed by atoms with Crippen LogP contribution in [-0.4, -0.2) is 42.2 Å². The van der Waals surface area contributed by atoms with Crippen molar-refractivity contribution in [2.24, 2.45) is 7.05 Å². The Morgan fingerprint density at radius 1 is 1.08 bits per heavy atom. The fourth-order valence-electron chi connectivity index (χ4n) is 5.22. The maximum atomic E-state index is 11.9. The number of hydrogen-bond acceptors (Lipinski definition) is 6. The number of aromatic nitrogens is 6. The predicted octanol–water partition coefficient (Wildman–Crippen LogP) is 4.67. The number of aryl methyl sites for hydroxylation is 1. The van der Waals surface area contributed by atoms with Crippen molar-refractivity contribution in [1.82, 2.24) is 29.5 Å². The molecule has 1 saturated carbocycles. The van der Waals surface area contributed by atoms with Crippen molar-refractivity contribution in [1.29, 1.82) is 0 Å². The van der Waals surface area contributed by atoms with E-state index >= 15 is 0 Å². The number of rotatable bonds is 6. The zero-order valence-corrected chi connectivity index (χ0v) is 20.4. The van der Waals surface area contributed by atoms with E-state index in [1.54, 1.807) is 23.9 Å². The molecule has 2 N–H and O–H groups in total. The highest BCUT2D eigenvalue weighted by Crippen LogP contribution is 2.36. The molecule has 1 aliphatic rings. The van der Waals surface area contributed by atoms with Gasteiger partial charge in [-0.25, -0.2) is 4.98 Å². The van der Waals surface area contributed by atoms with Crippen LogP contribution in [0.2, 0.25) is 0 Å². The van der Waals surface area contributed by atoms with Gasteiger partial charge in [0.2, 0.25) is 0 Å². The molecule has 0 saturated heterocycles. The first-order chi connectivity index (χ1) is 17.6. The molecule has 0 aliphatic heterocycles. The zero-order valence-electron chi connectivity index (χ0n) is 20.4. The lowest BCUT2D eigenvalue weighted by Gasteiger charge is -2.29. The summed E-state index contributed by atoms with van der Waals surface area (Å²) in [5.41, 5.74) is 3.84. The number of hydrogen-bond donors (Lipinski definition) is 2. The number of nitrogens with one attached hydrogen (secondary N) is 2. The summed E-state index contributed by atoms with van der Waals surface area (Å²) in [6.45, 7) is 2.88. The Morgan fingerprint density at radius 3 is 2.72 bits per heavy atom. The number of anilines is 1. The molecule has 0 bridgehead atoms. The van der Waals surface area contributed by atoms with Crippen LogP contribution in [-0.2, 0) is 7.05 Å². The second-order valence-electron chi connectivity index (χ2n) is 9.40. The summed E-state index contributed by atoms with van der Waals surface area (Å²) in [6, 6.07) is 11.8. The van der Waals surface area contributed by atoms with Crippen LogP contribution in [0.5, 0.6) is 5.75 Å². The van der Waals surface area contributed by atoms with E-state index in [2.05, 4.69) is 38.2 Å². The van der Waals surface area contributed by atoms with Crippen LogP contribution in [0.3, 0.4) is 0 Å². The molecular weight excluding hydrogens is 454 g/mol. The van der Waals surface area contributed by atoms with E-state index in [-0.39, 0.29) is 17.7 Å². The smallest absolute Gasteiger partial charge is 0.250 e. The van der Waals surface area contributed by atoms with Gasteiger partial charge in [0.1, 0.15) is 17.3 Å². The quantitative estimate of drug-likeness (QED) is 0.364. The molecule has 1 aromatic carbocycles. The van der Waals surface area contributed by atoms with Gasteiger partial charge in [0.15, 0.2) is 0 Å². The Bertz CT molecular complexity index is 1580. The molecule has 4 heterocycles. The van der Waals surface area contributed by atoms with Crippen molar-refractivity contribution in [3.05, 3.63) is 65.3 Å². The normalized spacial score (nSPS) is 18.1. The standard InChI is InChI=1S/C27H29N7O2/c1-3-28-25-13-24-22(16-29-25)27(18-14-30-31-15-18)32-34(24)19-5-7-20(8-6-19)36-21-9-10-23-17(12-21)4-11-26(35)33(23)2/h4,9-16,19-20H,3,5-8H2,1-2H3,(H,28,29)(H,30,31)/t19-,20+. The SMILES string of the molecule is CCNc1cc2c(cn1)c(-c1cn[nH]c1)nn2[C@H]1CC[C@@H](Oc2ccc3c(ccc(=O)n3C)c2)CC1. The third-order valence-corrected chi connectivity index (χ3v) is 7.11. The number of pyridine rings is 2. The van der Waals surface area contributed by atoms with Crippen LogP contribution in [0.4, 0.5) is 5.82 Å². The first kappa shape index (κ1) is 22.3. The molecule has 36 heavy (non-hydrogen) atoms. The van der Waals surface area contributed by atoms with Crippen LogP contribution in [0.15, 0.2) is 59.8 Å². The highest BCUT2D eigenvalue weighted by Gasteiger charge is 2.27. The molecule has 0 unspecified atom stereocenters. The predicted molar refractivity (Wildman–Crippen MR) is 140 cm³/mol. The Labute approximate surface area is 208 Å². The molecule has 0 amide bonds. The van der Waals surface area contributed by atoms with Crippen molar-refractivity contribution in [2.75, 3.05) is 11.9 Å². The van der Waals surface area contributed by atoms with Crippen molar-refractivity contribution in [3.8, 4) is 17.0 Å². The molecule has 0 radical (unpaired) electrons. The zero-order chi connectivity index (χ0) is 24.6. The van der Waals surface area contributed by atoms with Gasteiger partial charge in [-0.15, -0.1) is 0 Å². The lowest BCUT2D eigenvalue weighted by Crippen LogP contribution is -2.26. The summed E-state index contributed by atoms with van der Waals surface area (Å²) in [4.78, 5) is 16.5. The van der Waals surface area contributed by atoms with Crippen LogP contribution in [0.25, 0.3) is 33.1 Å². The summed E-state index contributed by atoms with van der Waals surface area (Å²) in [6.07, 6.45) is 9.59. The Balaban J connectivity index is 1.22. The van der Waals surface area contributed by atoms with E-state index in [1.165, 1.54) is 0 Å². The Kier molecular flexibility index (Phi) is 5.67. The molecule has 0 spiro atoms. The average molecular weight is 484 g/mol. The van der Waals surface area contributed by atoms with Crippen molar-refractivity contribution in [3.63, 3.8) is 0 Å². The largest absolute Gasteiger partial charge is 0.490 e. The molecule has 5 aromatic rings. The Hall–Kier alpha value is -4.14. The van der Waals surface area contributed by atoms with Gasteiger partial charge in [0, 0.05) is 54.5 Å². The maximum Gasteiger partial charge on any atom is 0.250 e. The second kappa shape index (κ2) is 9.14.